The van der Waals surface area contributed by atoms with Crippen molar-refractivity contribution in [3.63, 3.8) is 0 Å². The number of nitrogens with two attached hydrogens (primary N) is 1. The fourth-order valence-electron chi connectivity index (χ4n) is 0.977. The van der Waals surface area contributed by atoms with Gasteiger partial charge in [0.25, 0.3) is 0 Å². The highest BCUT2D eigenvalue weighted by Gasteiger charge is 2.20. The van der Waals surface area contributed by atoms with E-state index in [0.717, 1.165) is 6.04 Å². The van der Waals surface area contributed by atoms with Gasteiger partial charge in [0.15, 0.2) is 0 Å². The predicted octanol–water partition coefficient (Wildman–Crippen LogP) is 0.387. The topological polar surface area (TPSA) is 29.3 Å². The van der Waals surface area contributed by atoms with Crippen LogP contribution in [0.25, 0.3) is 0 Å². The Balaban J connectivity index is 2.13. The molecule has 0 radical (unpaired) electrons. The van der Waals surface area contributed by atoms with Crippen LogP contribution < -0.4 is 5.73 Å². The molecule has 48 valence electrons. The van der Waals surface area contributed by atoms with Crippen LogP contribution in [-0.4, -0.2) is 24.7 Å². The van der Waals surface area contributed by atoms with Gasteiger partial charge in [0, 0.05) is 12.7 Å². The number of rotatable bonds is 2. The number of nitrogens with zero attached hydrogens (tertiary/aromatic N) is 1. The molecule has 2 N–H and O–H groups in total. The lowest BCUT2D eigenvalue weighted by atomic mass is 9.92. The van der Waals surface area contributed by atoms with Gasteiger partial charge in [-0.25, -0.2) is 0 Å². The Hall–Kier alpha value is -0.0800. The third-order valence-corrected chi connectivity index (χ3v) is 1.99. The molecule has 0 bridgehead atoms. The van der Waals surface area contributed by atoms with Crippen molar-refractivity contribution in [1.82, 2.24) is 4.90 Å². The molecule has 0 aliphatic heterocycles. The van der Waals surface area contributed by atoms with Crippen molar-refractivity contribution in [3.05, 3.63) is 0 Å². The van der Waals surface area contributed by atoms with Crippen molar-refractivity contribution in [2.75, 3.05) is 13.7 Å². The van der Waals surface area contributed by atoms with E-state index in [4.69, 9.17) is 5.73 Å². The Morgan fingerprint density at radius 1 is 1.62 bits per heavy atom. The summed E-state index contributed by atoms with van der Waals surface area (Å²) in [5, 5.41) is 0. The molecule has 2 nitrogen and oxygen atoms in total. The first-order chi connectivity index (χ1) is 3.84. The van der Waals surface area contributed by atoms with Crippen LogP contribution in [0.5, 0.6) is 0 Å². The SMILES string of the molecule is CN(CN)C1CCC1. The molecule has 0 amide bonds. The van der Waals surface area contributed by atoms with Crippen LogP contribution in [-0.2, 0) is 0 Å². The molecule has 0 aromatic rings. The maximum Gasteiger partial charge on any atom is 0.0455 e. The third-order valence-electron chi connectivity index (χ3n) is 1.99. The number of hydrogen-bond donors (Lipinski definition) is 1. The van der Waals surface area contributed by atoms with E-state index in [2.05, 4.69) is 11.9 Å². The molecular formula is C6H14N2. The Morgan fingerprint density at radius 3 is 2.38 bits per heavy atom. The van der Waals surface area contributed by atoms with Crippen LogP contribution in [0.1, 0.15) is 19.3 Å². The molecule has 1 aliphatic carbocycles. The largest absolute Gasteiger partial charge is 0.318 e. The van der Waals surface area contributed by atoms with Crippen molar-refractivity contribution < 1.29 is 0 Å². The normalized spacial score (nSPS) is 21.4. The molecule has 0 aromatic carbocycles. The standard InChI is InChI=1S/C6H14N2/c1-8(5-7)6-3-2-4-6/h6H,2-5,7H2,1H3. The zero-order valence-corrected chi connectivity index (χ0v) is 5.43. The van der Waals surface area contributed by atoms with Gasteiger partial charge in [0.1, 0.15) is 0 Å². The summed E-state index contributed by atoms with van der Waals surface area (Å²) in [7, 11) is 2.09. The summed E-state index contributed by atoms with van der Waals surface area (Å²) in [6, 6.07) is 0.806. The van der Waals surface area contributed by atoms with Crippen molar-refractivity contribution in [2.45, 2.75) is 25.3 Å². The highest BCUT2D eigenvalue weighted by molar-refractivity contribution is 4.76. The maximum absolute atomic E-state index is 5.41. The Kier molecular flexibility index (Phi) is 1.86. The minimum atomic E-state index is 0.713. The summed E-state index contributed by atoms with van der Waals surface area (Å²) in [4.78, 5) is 2.21. The molecule has 0 atom stereocenters. The molecule has 0 heterocycles. The zero-order valence-electron chi connectivity index (χ0n) is 5.43. The fraction of sp³-hybridized carbons (Fsp3) is 1.00. The molecule has 8 heavy (non-hydrogen) atoms. The lowest BCUT2D eigenvalue weighted by Gasteiger charge is -2.33. The van der Waals surface area contributed by atoms with Gasteiger partial charge in [0.05, 0.1) is 0 Å². The molecule has 0 unspecified atom stereocenters. The van der Waals surface area contributed by atoms with E-state index in [1.165, 1.54) is 19.3 Å². The Labute approximate surface area is 50.7 Å². The molecule has 1 fully saturated rings. The minimum absolute atomic E-state index is 0.713. The second-order valence-electron chi connectivity index (χ2n) is 2.52. The van der Waals surface area contributed by atoms with Gasteiger partial charge >= 0.3 is 0 Å². The summed E-state index contributed by atoms with van der Waals surface area (Å²) >= 11 is 0. The molecule has 2 heteroatoms. The van der Waals surface area contributed by atoms with E-state index < -0.39 is 0 Å². The zero-order chi connectivity index (χ0) is 5.98. The second-order valence-corrected chi connectivity index (χ2v) is 2.52. The van der Waals surface area contributed by atoms with E-state index in [0.29, 0.717) is 6.67 Å². The lowest BCUT2D eigenvalue weighted by molar-refractivity contribution is 0.164. The summed E-state index contributed by atoms with van der Waals surface area (Å²) in [6.07, 6.45) is 4.11. The minimum Gasteiger partial charge on any atom is -0.318 e. The molecule has 0 aromatic heterocycles. The van der Waals surface area contributed by atoms with Crippen LogP contribution in [0.3, 0.4) is 0 Å². The first kappa shape index (κ1) is 6.05. The third kappa shape index (κ3) is 1.01. The van der Waals surface area contributed by atoms with Gasteiger partial charge in [-0.2, -0.15) is 0 Å². The van der Waals surface area contributed by atoms with E-state index in [1.54, 1.807) is 0 Å². The summed E-state index contributed by atoms with van der Waals surface area (Å²) in [5.74, 6) is 0. The van der Waals surface area contributed by atoms with E-state index in [9.17, 15) is 0 Å². The molecule has 1 rings (SSSR count). The van der Waals surface area contributed by atoms with Crippen LogP contribution >= 0.6 is 0 Å². The molecule has 1 aliphatic rings. The molecule has 0 saturated heterocycles. The summed E-state index contributed by atoms with van der Waals surface area (Å²) in [6.45, 7) is 0.713. The van der Waals surface area contributed by atoms with Gasteiger partial charge in [-0.1, -0.05) is 6.42 Å². The van der Waals surface area contributed by atoms with Crippen LogP contribution in [0.4, 0.5) is 0 Å². The van der Waals surface area contributed by atoms with Crippen molar-refractivity contribution >= 4 is 0 Å². The van der Waals surface area contributed by atoms with Crippen molar-refractivity contribution in [1.29, 1.82) is 0 Å². The first-order valence-electron chi connectivity index (χ1n) is 3.25. The monoisotopic (exact) mass is 114 g/mol. The predicted molar refractivity (Wildman–Crippen MR) is 34.5 cm³/mol. The molecule has 0 spiro atoms. The van der Waals surface area contributed by atoms with E-state index >= 15 is 0 Å². The van der Waals surface area contributed by atoms with Crippen molar-refractivity contribution in [3.8, 4) is 0 Å². The van der Waals surface area contributed by atoms with Gasteiger partial charge in [0.2, 0.25) is 0 Å². The molecule has 1 saturated carbocycles. The summed E-state index contributed by atoms with van der Waals surface area (Å²) < 4.78 is 0. The Bertz CT molecular complexity index is 66.2. The van der Waals surface area contributed by atoms with Gasteiger partial charge < -0.3 is 5.73 Å². The Morgan fingerprint density at radius 2 is 2.25 bits per heavy atom. The highest BCUT2D eigenvalue weighted by atomic mass is 15.2. The maximum atomic E-state index is 5.41. The van der Waals surface area contributed by atoms with Gasteiger partial charge in [-0.15, -0.1) is 0 Å². The molecular weight excluding hydrogens is 100 g/mol. The second kappa shape index (κ2) is 2.46. The van der Waals surface area contributed by atoms with Crippen LogP contribution in [0.2, 0.25) is 0 Å². The van der Waals surface area contributed by atoms with E-state index in [1.807, 2.05) is 0 Å². The van der Waals surface area contributed by atoms with Gasteiger partial charge in [-0.3, -0.25) is 4.90 Å². The van der Waals surface area contributed by atoms with Gasteiger partial charge in [-0.05, 0) is 19.9 Å². The smallest absolute Gasteiger partial charge is 0.0455 e. The lowest BCUT2D eigenvalue weighted by Crippen LogP contribution is -2.40. The fourth-order valence-corrected chi connectivity index (χ4v) is 0.977. The highest BCUT2D eigenvalue weighted by Crippen LogP contribution is 2.22. The summed E-state index contributed by atoms with van der Waals surface area (Å²) in [5.41, 5.74) is 5.41. The average molecular weight is 114 g/mol. The first-order valence-corrected chi connectivity index (χ1v) is 3.25. The van der Waals surface area contributed by atoms with Crippen LogP contribution in [0, 0.1) is 0 Å². The van der Waals surface area contributed by atoms with Crippen LogP contribution in [0.15, 0.2) is 0 Å². The average Bonchev–Trinajstić information content (AvgIpc) is 1.62. The number of hydrogen-bond acceptors (Lipinski definition) is 2. The van der Waals surface area contributed by atoms with E-state index in [-0.39, 0.29) is 0 Å². The quantitative estimate of drug-likeness (QED) is 0.526. The van der Waals surface area contributed by atoms with Crippen molar-refractivity contribution in [2.24, 2.45) is 5.73 Å².